The van der Waals surface area contributed by atoms with Crippen LogP contribution in [0.4, 0.5) is 0 Å². The van der Waals surface area contributed by atoms with Crippen molar-refractivity contribution in [3.8, 4) is 0 Å². The minimum absolute atomic E-state index is 0.309. The summed E-state index contributed by atoms with van der Waals surface area (Å²) in [6, 6.07) is 0. The molecule has 0 aliphatic carbocycles. The number of amides is 1. The Labute approximate surface area is 123 Å². The van der Waals surface area contributed by atoms with Gasteiger partial charge in [0.15, 0.2) is 0 Å². The number of nitrogens with one attached hydrogen (secondary N) is 1. The molecular formula is C15H30N4O. The highest BCUT2D eigenvalue weighted by Gasteiger charge is 2.18. The molecule has 0 radical (unpaired) electrons. The van der Waals surface area contributed by atoms with Crippen molar-refractivity contribution in [3.05, 3.63) is 0 Å². The molecule has 0 aromatic carbocycles. The highest BCUT2D eigenvalue weighted by molar-refractivity contribution is 5.76. The van der Waals surface area contributed by atoms with E-state index in [2.05, 4.69) is 22.2 Å². The molecule has 0 aromatic heterocycles. The summed E-state index contributed by atoms with van der Waals surface area (Å²) >= 11 is 0. The van der Waals surface area contributed by atoms with Gasteiger partial charge in [-0.1, -0.05) is 6.42 Å². The van der Waals surface area contributed by atoms with E-state index in [1.54, 1.807) is 0 Å². The number of piperidine rings is 1. The van der Waals surface area contributed by atoms with E-state index in [0.29, 0.717) is 12.3 Å². The van der Waals surface area contributed by atoms with Crippen LogP contribution in [0.1, 0.15) is 25.7 Å². The topological polar surface area (TPSA) is 38.8 Å². The minimum atomic E-state index is 0.309. The summed E-state index contributed by atoms with van der Waals surface area (Å²) in [5.74, 6) is 0.309. The molecule has 116 valence electrons. The molecule has 2 aliphatic rings. The molecule has 0 aromatic rings. The summed E-state index contributed by atoms with van der Waals surface area (Å²) in [4.78, 5) is 18.8. The monoisotopic (exact) mass is 282 g/mol. The number of carbonyl (C=O) groups excluding carboxylic acids is 1. The second-order valence-corrected chi connectivity index (χ2v) is 6.09. The first-order valence-electron chi connectivity index (χ1n) is 8.15. The number of nitrogens with zero attached hydrogens (tertiary/aromatic N) is 3. The average molecular weight is 282 g/mol. The number of likely N-dealkylation sites (tertiary alicyclic amines) is 1. The summed E-state index contributed by atoms with van der Waals surface area (Å²) in [6.45, 7) is 9.26. The van der Waals surface area contributed by atoms with Crippen LogP contribution in [0.5, 0.6) is 0 Å². The molecule has 1 N–H and O–H groups in total. The first-order valence-corrected chi connectivity index (χ1v) is 8.15. The van der Waals surface area contributed by atoms with E-state index in [0.717, 1.165) is 45.8 Å². The van der Waals surface area contributed by atoms with E-state index < -0.39 is 0 Å². The van der Waals surface area contributed by atoms with Gasteiger partial charge < -0.3 is 20.0 Å². The van der Waals surface area contributed by atoms with Crippen molar-refractivity contribution in [3.63, 3.8) is 0 Å². The van der Waals surface area contributed by atoms with Gasteiger partial charge >= 0.3 is 0 Å². The van der Waals surface area contributed by atoms with E-state index >= 15 is 0 Å². The highest BCUT2D eigenvalue weighted by atomic mass is 16.2. The van der Waals surface area contributed by atoms with Gasteiger partial charge in [0.2, 0.25) is 5.91 Å². The van der Waals surface area contributed by atoms with Crippen molar-refractivity contribution < 1.29 is 4.79 Å². The van der Waals surface area contributed by atoms with Crippen molar-refractivity contribution in [1.82, 2.24) is 20.0 Å². The molecule has 2 saturated heterocycles. The van der Waals surface area contributed by atoms with Crippen molar-refractivity contribution >= 4 is 5.91 Å². The Bertz CT molecular complexity index is 284. The Morgan fingerprint density at radius 2 is 1.65 bits per heavy atom. The maximum Gasteiger partial charge on any atom is 0.223 e. The SMILES string of the molecule is CN1CCN(C(=O)CCNCCN2CCCCC2)CC1. The molecule has 2 aliphatic heterocycles. The van der Waals surface area contributed by atoms with E-state index in [9.17, 15) is 4.79 Å². The second-order valence-electron chi connectivity index (χ2n) is 6.09. The van der Waals surface area contributed by atoms with Gasteiger partial charge in [-0.2, -0.15) is 0 Å². The Hall–Kier alpha value is -0.650. The zero-order valence-electron chi connectivity index (χ0n) is 12.9. The second kappa shape index (κ2) is 8.60. The molecule has 5 heteroatoms. The van der Waals surface area contributed by atoms with Crippen LogP contribution in [0.3, 0.4) is 0 Å². The molecule has 2 fully saturated rings. The molecule has 0 unspecified atom stereocenters. The molecule has 0 spiro atoms. The fourth-order valence-corrected chi connectivity index (χ4v) is 2.95. The Kier molecular flexibility index (Phi) is 6.76. The summed E-state index contributed by atoms with van der Waals surface area (Å²) < 4.78 is 0. The van der Waals surface area contributed by atoms with Crippen LogP contribution in [0.2, 0.25) is 0 Å². The predicted octanol–water partition coefficient (Wildman–Crippen LogP) is 0.226. The van der Waals surface area contributed by atoms with Crippen LogP contribution in [0.25, 0.3) is 0 Å². The molecular weight excluding hydrogens is 252 g/mol. The highest BCUT2D eigenvalue weighted by Crippen LogP contribution is 2.07. The maximum atomic E-state index is 12.0. The van der Waals surface area contributed by atoms with Gasteiger partial charge in [0.1, 0.15) is 0 Å². The zero-order valence-corrected chi connectivity index (χ0v) is 12.9. The smallest absolute Gasteiger partial charge is 0.223 e. The quantitative estimate of drug-likeness (QED) is 0.708. The Morgan fingerprint density at radius 1 is 0.950 bits per heavy atom. The van der Waals surface area contributed by atoms with Gasteiger partial charge in [0.25, 0.3) is 0 Å². The summed E-state index contributed by atoms with van der Waals surface area (Å²) in [7, 11) is 2.12. The van der Waals surface area contributed by atoms with Crippen molar-refractivity contribution in [2.45, 2.75) is 25.7 Å². The maximum absolute atomic E-state index is 12.0. The standard InChI is InChI=1S/C15H30N4O/c1-17-11-13-19(14-12-17)15(20)5-6-16-7-10-18-8-3-2-4-9-18/h16H,2-14H2,1H3. The Morgan fingerprint density at radius 3 is 2.35 bits per heavy atom. The van der Waals surface area contributed by atoms with Gasteiger partial charge in [-0.25, -0.2) is 0 Å². The lowest BCUT2D eigenvalue weighted by Gasteiger charge is -2.32. The average Bonchev–Trinajstić information content (AvgIpc) is 2.48. The molecule has 2 heterocycles. The predicted molar refractivity (Wildman–Crippen MR) is 81.9 cm³/mol. The fraction of sp³-hybridized carbons (Fsp3) is 0.933. The summed E-state index contributed by atoms with van der Waals surface area (Å²) in [5, 5.41) is 3.41. The number of hydrogen-bond acceptors (Lipinski definition) is 4. The summed E-state index contributed by atoms with van der Waals surface area (Å²) in [5.41, 5.74) is 0. The van der Waals surface area contributed by atoms with Gasteiger partial charge in [0.05, 0.1) is 0 Å². The van der Waals surface area contributed by atoms with Crippen LogP contribution in [-0.2, 0) is 4.79 Å². The Balaban J connectivity index is 1.49. The van der Waals surface area contributed by atoms with Crippen molar-refractivity contribution in [1.29, 1.82) is 0 Å². The molecule has 0 saturated carbocycles. The minimum Gasteiger partial charge on any atom is -0.340 e. The number of likely N-dealkylation sites (N-methyl/N-ethyl adjacent to an activating group) is 1. The third-order valence-corrected chi connectivity index (χ3v) is 4.43. The zero-order chi connectivity index (χ0) is 14.2. The van der Waals surface area contributed by atoms with Crippen LogP contribution in [0.15, 0.2) is 0 Å². The lowest BCUT2D eigenvalue weighted by atomic mass is 10.1. The van der Waals surface area contributed by atoms with Crippen molar-refractivity contribution in [2.24, 2.45) is 0 Å². The number of carbonyl (C=O) groups is 1. The van der Waals surface area contributed by atoms with E-state index in [1.807, 2.05) is 4.90 Å². The number of hydrogen-bond donors (Lipinski definition) is 1. The van der Waals surface area contributed by atoms with Gasteiger partial charge in [-0.3, -0.25) is 4.79 Å². The molecule has 2 rings (SSSR count). The molecule has 5 nitrogen and oxygen atoms in total. The van der Waals surface area contributed by atoms with Gasteiger partial charge in [-0.05, 0) is 33.0 Å². The van der Waals surface area contributed by atoms with Gasteiger partial charge in [-0.15, -0.1) is 0 Å². The molecule has 20 heavy (non-hydrogen) atoms. The summed E-state index contributed by atoms with van der Waals surface area (Å²) in [6.07, 6.45) is 4.73. The molecule has 0 bridgehead atoms. The lowest BCUT2D eigenvalue weighted by Crippen LogP contribution is -2.47. The number of rotatable bonds is 6. The third kappa shape index (κ3) is 5.38. The van der Waals surface area contributed by atoms with Gasteiger partial charge in [0, 0.05) is 52.2 Å². The first kappa shape index (κ1) is 15.7. The van der Waals surface area contributed by atoms with E-state index in [4.69, 9.17) is 0 Å². The van der Waals surface area contributed by atoms with Crippen LogP contribution in [-0.4, -0.2) is 86.6 Å². The number of piperazine rings is 1. The normalized spacial score (nSPS) is 22.1. The molecule has 1 amide bonds. The lowest BCUT2D eigenvalue weighted by molar-refractivity contribution is -0.132. The van der Waals surface area contributed by atoms with Crippen LogP contribution >= 0.6 is 0 Å². The fourth-order valence-electron chi connectivity index (χ4n) is 2.95. The molecule has 0 atom stereocenters. The van der Waals surface area contributed by atoms with E-state index in [1.165, 1.54) is 32.4 Å². The van der Waals surface area contributed by atoms with E-state index in [-0.39, 0.29) is 0 Å². The van der Waals surface area contributed by atoms with Crippen LogP contribution < -0.4 is 5.32 Å². The largest absolute Gasteiger partial charge is 0.340 e. The van der Waals surface area contributed by atoms with Crippen molar-refractivity contribution in [2.75, 3.05) is 66.0 Å². The first-order chi connectivity index (χ1) is 9.75. The third-order valence-electron chi connectivity index (χ3n) is 4.43. The van der Waals surface area contributed by atoms with Crippen LogP contribution in [0, 0.1) is 0 Å².